The Balaban J connectivity index is 2.11. The maximum atomic E-state index is 14.7. The zero-order valence-corrected chi connectivity index (χ0v) is 16.0. The van der Waals surface area contributed by atoms with Gasteiger partial charge in [0.2, 0.25) is 5.91 Å². The van der Waals surface area contributed by atoms with E-state index in [-0.39, 0.29) is 17.2 Å². The van der Waals surface area contributed by atoms with E-state index in [4.69, 9.17) is 11.5 Å². The van der Waals surface area contributed by atoms with Crippen molar-refractivity contribution < 1.29 is 14.0 Å². The van der Waals surface area contributed by atoms with Crippen LogP contribution in [0, 0.1) is 5.82 Å². The first-order chi connectivity index (χ1) is 13.8. The fraction of sp³-hybridized carbons (Fsp3) is 0.200. The minimum absolute atomic E-state index is 0.0661. The highest BCUT2D eigenvalue weighted by Crippen LogP contribution is 2.29. The minimum atomic E-state index is -0.839. The van der Waals surface area contributed by atoms with Crippen molar-refractivity contribution in [2.75, 3.05) is 17.3 Å². The zero-order valence-electron chi connectivity index (χ0n) is 16.0. The van der Waals surface area contributed by atoms with Crippen LogP contribution in [0.25, 0.3) is 10.9 Å². The number of benzene rings is 1. The average Bonchev–Trinajstić information content (AvgIpc) is 2.69. The lowest BCUT2D eigenvalue weighted by Gasteiger charge is -2.26. The molecule has 1 atom stereocenters. The topological polar surface area (TPSA) is 127 Å². The second kappa shape index (κ2) is 8.09. The van der Waals surface area contributed by atoms with Gasteiger partial charge in [-0.25, -0.2) is 9.37 Å². The van der Waals surface area contributed by atoms with Crippen LogP contribution in [-0.2, 0) is 4.79 Å². The summed E-state index contributed by atoms with van der Waals surface area (Å²) in [5.74, 6) is -2.29. The average molecular weight is 396 g/mol. The first-order valence-electron chi connectivity index (χ1n) is 8.96. The van der Waals surface area contributed by atoms with E-state index in [0.29, 0.717) is 12.1 Å². The molecule has 2 aromatic heterocycles. The van der Waals surface area contributed by atoms with Crippen molar-refractivity contribution in [3.63, 3.8) is 0 Å². The molecule has 0 bridgehead atoms. The number of aromatic nitrogens is 2. The van der Waals surface area contributed by atoms with Gasteiger partial charge < -0.3 is 21.7 Å². The Hall–Kier alpha value is -3.75. The van der Waals surface area contributed by atoms with E-state index in [1.807, 2.05) is 12.1 Å². The lowest BCUT2D eigenvalue weighted by molar-refractivity contribution is -0.119. The third-order valence-corrected chi connectivity index (χ3v) is 4.64. The lowest BCUT2D eigenvalue weighted by atomic mass is 10.1. The summed E-state index contributed by atoms with van der Waals surface area (Å²) in [7, 11) is 1.51. The fourth-order valence-corrected chi connectivity index (χ4v) is 3.16. The van der Waals surface area contributed by atoms with Crippen molar-refractivity contribution in [1.29, 1.82) is 0 Å². The van der Waals surface area contributed by atoms with Gasteiger partial charge in [0.15, 0.2) is 11.6 Å². The molecule has 0 aliphatic rings. The van der Waals surface area contributed by atoms with E-state index in [1.54, 1.807) is 31.3 Å². The zero-order chi connectivity index (χ0) is 21.1. The van der Waals surface area contributed by atoms with Crippen LogP contribution in [0.5, 0.6) is 0 Å². The molecule has 29 heavy (non-hydrogen) atoms. The third-order valence-electron chi connectivity index (χ3n) is 4.64. The molecule has 3 rings (SSSR count). The largest absolute Gasteiger partial charge is 0.368 e. The van der Waals surface area contributed by atoms with Crippen LogP contribution in [0.15, 0.2) is 42.6 Å². The van der Waals surface area contributed by atoms with Crippen molar-refractivity contribution in [1.82, 2.24) is 9.97 Å². The summed E-state index contributed by atoms with van der Waals surface area (Å²) < 4.78 is 14.7. The molecule has 9 heteroatoms. The third kappa shape index (κ3) is 3.93. The number of nitrogens with zero attached hydrogens (tertiary/aromatic N) is 3. The summed E-state index contributed by atoms with van der Waals surface area (Å²) in [6.07, 6.45) is 2.03. The number of fused-ring (bicyclic) bond motifs is 1. The van der Waals surface area contributed by atoms with Crippen LogP contribution in [0.4, 0.5) is 21.7 Å². The molecule has 1 unspecified atom stereocenters. The molecule has 0 spiro atoms. The van der Waals surface area contributed by atoms with Gasteiger partial charge in [-0.05, 0) is 36.8 Å². The van der Waals surface area contributed by atoms with Gasteiger partial charge in [0.05, 0.1) is 11.1 Å². The Morgan fingerprint density at radius 3 is 2.66 bits per heavy atom. The van der Waals surface area contributed by atoms with Gasteiger partial charge in [0.1, 0.15) is 11.9 Å². The molecular formula is C20H21FN6O2. The number of amides is 2. The van der Waals surface area contributed by atoms with Crippen molar-refractivity contribution in [2.24, 2.45) is 11.5 Å². The molecule has 0 fully saturated rings. The molecule has 150 valence electrons. The van der Waals surface area contributed by atoms with E-state index in [2.05, 4.69) is 15.3 Å². The number of primary amides is 2. The fourth-order valence-electron chi connectivity index (χ4n) is 3.16. The number of carbonyl (C=O) groups is 2. The summed E-state index contributed by atoms with van der Waals surface area (Å²) in [5.41, 5.74) is 12.1. The van der Waals surface area contributed by atoms with Crippen molar-refractivity contribution in [2.45, 2.75) is 19.4 Å². The molecule has 0 radical (unpaired) electrons. The van der Waals surface area contributed by atoms with Gasteiger partial charge in [-0.2, -0.15) is 0 Å². The molecule has 5 N–H and O–H groups in total. The number of likely N-dealkylation sites (N-methyl/N-ethyl adjacent to an activating group) is 1. The summed E-state index contributed by atoms with van der Waals surface area (Å²) in [5, 5.41) is 3.83. The van der Waals surface area contributed by atoms with Crippen LogP contribution in [0.2, 0.25) is 0 Å². The monoisotopic (exact) mass is 396 g/mol. The Bertz CT molecular complexity index is 1080. The van der Waals surface area contributed by atoms with Crippen LogP contribution < -0.4 is 21.7 Å². The number of nitrogens with two attached hydrogens (primary N) is 2. The van der Waals surface area contributed by atoms with E-state index < -0.39 is 23.7 Å². The number of pyridine rings is 2. The normalized spacial score (nSPS) is 11.8. The maximum absolute atomic E-state index is 14.7. The highest BCUT2D eigenvalue weighted by molar-refractivity contribution is 6.00. The second-order valence-electron chi connectivity index (χ2n) is 6.49. The Morgan fingerprint density at radius 1 is 1.24 bits per heavy atom. The number of halogens is 1. The van der Waals surface area contributed by atoms with Crippen molar-refractivity contribution in [3.8, 4) is 0 Å². The SMILES string of the molecule is CCC(C(N)=O)N(C)c1nc(Nc2cccc3ncccc23)c(C(N)=O)cc1F. The molecule has 2 amide bonds. The Labute approximate surface area is 166 Å². The molecular weight excluding hydrogens is 375 g/mol. The summed E-state index contributed by atoms with van der Waals surface area (Å²) in [6, 6.07) is 9.28. The summed E-state index contributed by atoms with van der Waals surface area (Å²) >= 11 is 0. The molecule has 0 saturated heterocycles. The standard InChI is InChI=1S/C20H21FN6O2/c1-3-16(18(23)29)27(2)20-13(21)10-12(17(22)28)19(26-20)25-15-8-4-7-14-11(15)6-5-9-24-14/h4-10,16H,3H2,1-2H3,(H2,22,28)(H2,23,29)(H,25,26). The molecule has 0 aliphatic carbocycles. The van der Waals surface area contributed by atoms with E-state index in [1.165, 1.54) is 11.9 Å². The molecule has 0 saturated carbocycles. The highest BCUT2D eigenvalue weighted by Gasteiger charge is 2.25. The van der Waals surface area contributed by atoms with Crippen molar-refractivity contribution in [3.05, 3.63) is 54.0 Å². The van der Waals surface area contributed by atoms with Gasteiger partial charge in [-0.15, -0.1) is 0 Å². The van der Waals surface area contributed by atoms with Gasteiger partial charge in [0, 0.05) is 24.3 Å². The molecule has 2 heterocycles. The molecule has 0 aliphatic heterocycles. The van der Waals surface area contributed by atoms with Gasteiger partial charge in [-0.3, -0.25) is 14.6 Å². The maximum Gasteiger partial charge on any atom is 0.252 e. The number of hydrogen-bond donors (Lipinski definition) is 3. The molecule has 8 nitrogen and oxygen atoms in total. The predicted octanol–water partition coefficient (Wildman–Crippen LogP) is 2.31. The number of carbonyl (C=O) groups excluding carboxylic acids is 2. The van der Waals surface area contributed by atoms with Gasteiger partial charge >= 0.3 is 0 Å². The van der Waals surface area contributed by atoms with E-state index in [9.17, 15) is 14.0 Å². The molecule has 1 aromatic carbocycles. The predicted molar refractivity (Wildman–Crippen MR) is 109 cm³/mol. The molecule has 3 aromatic rings. The van der Waals surface area contributed by atoms with Gasteiger partial charge in [-0.1, -0.05) is 13.0 Å². The minimum Gasteiger partial charge on any atom is -0.368 e. The number of nitrogens with one attached hydrogen (secondary N) is 1. The van der Waals surface area contributed by atoms with Crippen LogP contribution in [-0.4, -0.2) is 34.9 Å². The number of anilines is 3. The second-order valence-corrected chi connectivity index (χ2v) is 6.49. The van der Waals surface area contributed by atoms with Crippen LogP contribution in [0.3, 0.4) is 0 Å². The van der Waals surface area contributed by atoms with Crippen LogP contribution >= 0.6 is 0 Å². The summed E-state index contributed by atoms with van der Waals surface area (Å²) in [4.78, 5) is 33.5. The highest BCUT2D eigenvalue weighted by atomic mass is 19.1. The lowest BCUT2D eigenvalue weighted by Crippen LogP contribution is -2.43. The first kappa shape index (κ1) is 20.0. The van der Waals surface area contributed by atoms with Gasteiger partial charge in [0.25, 0.3) is 5.91 Å². The Kier molecular flexibility index (Phi) is 5.58. The van der Waals surface area contributed by atoms with E-state index >= 15 is 0 Å². The van der Waals surface area contributed by atoms with Crippen molar-refractivity contribution >= 4 is 40.0 Å². The Morgan fingerprint density at radius 2 is 2.00 bits per heavy atom. The van der Waals surface area contributed by atoms with E-state index in [0.717, 1.165) is 17.0 Å². The van der Waals surface area contributed by atoms with Crippen LogP contribution in [0.1, 0.15) is 23.7 Å². The first-order valence-corrected chi connectivity index (χ1v) is 8.96. The summed E-state index contributed by atoms with van der Waals surface area (Å²) in [6.45, 7) is 1.75. The number of rotatable bonds is 7. The smallest absolute Gasteiger partial charge is 0.252 e. The quantitative estimate of drug-likeness (QED) is 0.562. The number of hydrogen-bond acceptors (Lipinski definition) is 6.